The van der Waals surface area contributed by atoms with Crippen molar-refractivity contribution in [1.82, 2.24) is 5.32 Å². The Morgan fingerprint density at radius 1 is 1.04 bits per heavy atom. The molecule has 0 aliphatic carbocycles. The zero-order chi connectivity index (χ0) is 17.4. The van der Waals surface area contributed by atoms with Gasteiger partial charge in [0.05, 0.1) is 0 Å². The minimum Gasteiger partial charge on any atom is -0.481 e. The number of thioether (sulfide) groups is 1. The molecule has 1 atom stereocenters. The fraction of sp³-hybridized carbons (Fsp3) is 0.350. The van der Waals surface area contributed by atoms with Crippen molar-refractivity contribution in [1.29, 1.82) is 0 Å². The van der Waals surface area contributed by atoms with Crippen LogP contribution in [0.25, 0.3) is 0 Å². The number of nitrogens with one attached hydrogen (secondary N) is 1. The zero-order valence-corrected chi connectivity index (χ0v) is 15.4. The summed E-state index contributed by atoms with van der Waals surface area (Å²) in [6.45, 7) is 6.69. The van der Waals surface area contributed by atoms with E-state index in [0.717, 1.165) is 11.5 Å². The van der Waals surface area contributed by atoms with Crippen LogP contribution in [0.5, 0.6) is 5.75 Å². The molecule has 1 N–H and O–H groups in total. The van der Waals surface area contributed by atoms with Crippen LogP contribution in [-0.4, -0.2) is 24.3 Å². The molecular formula is C20H25NO2S. The number of carbonyl (C=O) groups is 1. The maximum atomic E-state index is 12.3. The molecule has 1 amide bonds. The van der Waals surface area contributed by atoms with Crippen LogP contribution in [0.3, 0.4) is 0 Å². The van der Waals surface area contributed by atoms with Crippen molar-refractivity contribution in [2.45, 2.75) is 38.2 Å². The van der Waals surface area contributed by atoms with Crippen molar-refractivity contribution >= 4 is 17.7 Å². The number of amides is 1. The molecule has 0 unspecified atom stereocenters. The van der Waals surface area contributed by atoms with Crippen LogP contribution in [0.15, 0.2) is 53.4 Å². The Hall–Kier alpha value is -1.94. The molecule has 128 valence electrons. The van der Waals surface area contributed by atoms with E-state index in [4.69, 9.17) is 4.74 Å². The van der Waals surface area contributed by atoms with Gasteiger partial charge >= 0.3 is 0 Å². The molecule has 0 heterocycles. The molecular weight excluding hydrogens is 318 g/mol. The SMILES string of the molecule is CC[C@@H](Oc1ccc(C)cc1)C(=O)NCCSc1ccc(C)cc1. The number of hydrogen-bond donors (Lipinski definition) is 1. The fourth-order valence-corrected chi connectivity index (χ4v) is 2.96. The molecule has 24 heavy (non-hydrogen) atoms. The Morgan fingerprint density at radius 3 is 2.21 bits per heavy atom. The minimum atomic E-state index is -0.447. The highest BCUT2D eigenvalue weighted by Crippen LogP contribution is 2.18. The van der Waals surface area contributed by atoms with Gasteiger partial charge in [-0.25, -0.2) is 0 Å². The molecule has 0 fully saturated rings. The Bertz CT molecular complexity index is 638. The van der Waals surface area contributed by atoms with Gasteiger partial charge in [0.2, 0.25) is 0 Å². The summed E-state index contributed by atoms with van der Waals surface area (Å²) in [5.41, 5.74) is 2.43. The molecule has 0 aliphatic heterocycles. The van der Waals surface area contributed by atoms with E-state index >= 15 is 0 Å². The number of aryl methyl sites for hydroxylation is 2. The summed E-state index contributed by atoms with van der Waals surface area (Å²) in [6, 6.07) is 16.2. The largest absolute Gasteiger partial charge is 0.481 e. The van der Waals surface area contributed by atoms with Crippen molar-refractivity contribution < 1.29 is 9.53 Å². The maximum Gasteiger partial charge on any atom is 0.261 e. The van der Waals surface area contributed by atoms with Gasteiger partial charge in [-0.2, -0.15) is 0 Å². The summed E-state index contributed by atoms with van der Waals surface area (Å²) in [5.74, 6) is 1.52. The van der Waals surface area contributed by atoms with Crippen LogP contribution < -0.4 is 10.1 Å². The normalized spacial score (nSPS) is 11.8. The Kier molecular flexibility index (Phi) is 7.19. The van der Waals surface area contributed by atoms with E-state index in [0.29, 0.717) is 13.0 Å². The maximum absolute atomic E-state index is 12.3. The summed E-state index contributed by atoms with van der Waals surface area (Å²) in [6.07, 6.45) is 0.197. The van der Waals surface area contributed by atoms with Crippen LogP contribution in [0.1, 0.15) is 24.5 Å². The average Bonchev–Trinajstić information content (AvgIpc) is 2.59. The van der Waals surface area contributed by atoms with Gasteiger partial charge in [-0.1, -0.05) is 42.3 Å². The standard InChI is InChI=1S/C20H25NO2S/c1-4-19(23-17-9-5-15(2)6-10-17)20(22)21-13-14-24-18-11-7-16(3)8-12-18/h5-12,19H,4,13-14H2,1-3H3,(H,21,22)/t19-/m1/s1. The zero-order valence-electron chi connectivity index (χ0n) is 14.5. The number of hydrogen-bond acceptors (Lipinski definition) is 3. The number of carbonyl (C=O) groups excluding carboxylic acids is 1. The molecule has 0 radical (unpaired) electrons. The third kappa shape index (κ3) is 5.93. The van der Waals surface area contributed by atoms with E-state index in [9.17, 15) is 4.79 Å². The van der Waals surface area contributed by atoms with Crippen LogP contribution in [0.2, 0.25) is 0 Å². The minimum absolute atomic E-state index is 0.0532. The molecule has 4 heteroatoms. The molecule has 0 saturated heterocycles. The lowest BCUT2D eigenvalue weighted by Gasteiger charge is -2.17. The van der Waals surface area contributed by atoms with Gasteiger partial charge < -0.3 is 10.1 Å². The first-order valence-corrected chi connectivity index (χ1v) is 9.27. The Morgan fingerprint density at radius 2 is 1.62 bits per heavy atom. The third-order valence-electron chi connectivity index (χ3n) is 3.65. The van der Waals surface area contributed by atoms with Crippen LogP contribution in [0, 0.1) is 13.8 Å². The molecule has 2 rings (SSSR count). The molecule has 2 aromatic rings. The van der Waals surface area contributed by atoms with Crippen molar-refractivity contribution in [2.75, 3.05) is 12.3 Å². The second-order valence-corrected chi connectivity index (χ2v) is 6.95. The monoisotopic (exact) mass is 343 g/mol. The van der Waals surface area contributed by atoms with Crippen LogP contribution in [-0.2, 0) is 4.79 Å². The van der Waals surface area contributed by atoms with E-state index in [-0.39, 0.29) is 5.91 Å². The molecule has 0 bridgehead atoms. The van der Waals surface area contributed by atoms with Crippen LogP contribution >= 0.6 is 11.8 Å². The lowest BCUT2D eigenvalue weighted by Crippen LogP contribution is -2.39. The van der Waals surface area contributed by atoms with E-state index in [1.54, 1.807) is 11.8 Å². The number of benzene rings is 2. The molecule has 0 aromatic heterocycles. The topological polar surface area (TPSA) is 38.3 Å². The summed E-state index contributed by atoms with van der Waals surface area (Å²) in [5, 5.41) is 2.96. The van der Waals surface area contributed by atoms with E-state index in [1.807, 2.05) is 38.1 Å². The highest BCUT2D eigenvalue weighted by molar-refractivity contribution is 7.99. The second-order valence-electron chi connectivity index (χ2n) is 5.78. The average molecular weight is 343 g/mol. The van der Waals surface area contributed by atoms with Gasteiger partial charge in [0.15, 0.2) is 6.10 Å². The first-order chi connectivity index (χ1) is 11.6. The van der Waals surface area contributed by atoms with Crippen molar-refractivity contribution in [3.63, 3.8) is 0 Å². The van der Waals surface area contributed by atoms with Crippen molar-refractivity contribution in [3.05, 3.63) is 59.7 Å². The Labute approximate surface area is 148 Å². The molecule has 0 spiro atoms. The van der Waals surface area contributed by atoms with Crippen molar-refractivity contribution in [3.8, 4) is 5.75 Å². The van der Waals surface area contributed by atoms with Gasteiger partial charge in [0.25, 0.3) is 5.91 Å². The third-order valence-corrected chi connectivity index (χ3v) is 4.67. The number of ether oxygens (including phenoxy) is 1. The predicted octanol–water partition coefficient (Wildman–Crippen LogP) is 4.37. The summed E-state index contributed by atoms with van der Waals surface area (Å²) >= 11 is 1.74. The fourth-order valence-electron chi connectivity index (χ4n) is 2.19. The highest BCUT2D eigenvalue weighted by Gasteiger charge is 2.17. The predicted molar refractivity (Wildman–Crippen MR) is 101 cm³/mol. The van der Waals surface area contributed by atoms with Gasteiger partial charge in [0, 0.05) is 17.2 Å². The molecule has 0 saturated carbocycles. The van der Waals surface area contributed by atoms with E-state index in [2.05, 4.69) is 36.5 Å². The van der Waals surface area contributed by atoms with Gasteiger partial charge in [-0.15, -0.1) is 11.8 Å². The number of rotatable bonds is 8. The first-order valence-electron chi connectivity index (χ1n) is 8.29. The first kappa shape index (κ1) is 18.4. The highest BCUT2D eigenvalue weighted by atomic mass is 32.2. The summed E-state index contributed by atoms with van der Waals surface area (Å²) in [4.78, 5) is 13.5. The lowest BCUT2D eigenvalue weighted by atomic mass is 10.2. The molecule has 0 aliphatic rings. The van der Waals surface area contributed by atoms with E-state index < -0.39 is 6.10 Å². The van der Waals surface area contributed by atoms with Gasteiger partial charge in [0.1, 0.15) is 5.75 Å². The van der Waals surface area contributed by atoms with Crippen LogP contribution in [0.4, 0.5) is 0 Å². The summed E-state index contributed by atoms with van der Waals surface area (Å²) in [7, 11) is 0. The Balaban J connectivity index is 1.75. The smallest absolute Gasteiger partial charge is 0.261 e. The molecule has 2 aromatic carbocycles. The second kappa shape index (κ2) is 9.38. The van der Waals surface area contributed by atoms with Crippen molar-refractivity contribution in [2.24, 2.45) is 0 Å². The quantitative estimate of drug-likeness (QED) is 0.571. The van der Waals surface area contributed by atoms with Gasteiger partial charge in [-0.3, -0.25) is 4.79 Å². The summed E-state index contributed by atoms with van der Waals surface area (Å²) < 4.78 is 5.79. The molecule has 3 nitrogen and oxygen atoms in total. The van der Waals surface area contributed by atoms with Gasteiger partial charge in [-0.05, 0) is 44.5 Å². The van der Waals surface area contributed by atoms with E-state index in [1.165, 1.54) is 16.0 Å². The lowest BCUT2D eigenvalue weighted by molar-refractivity contribution is -0.127.